The Morgan fingerprint density at radius 1 is 1.00 bits per heavy atom. The standard InChI is InChI=1S/C22H18N2O2/c1-23-15-7-9-18-20(11-15)26-21-12-16(24-2)8-10-19(21)22(18)17-6-4-3-5-14(17)13-25/h3-13,23H,1-2H3. The van der Waals surface area contributed by atoms with Gasteiger partial charge in [0.25, 0.3) is 0 Å². The van der Waals surface area contributed by atoms with Gasteiger partial charge in [0.15, 0.2) is 6.29 Å². The van der Waals surface area contributed by atoms with Gasteiger partial charge in [-0.15, -0.1) is 0 Å². The highest BCUT2D eigenvalue weighted by atomic mass is 16.3. The van der Waals surface area contributed by atoms with Gasteiger partial charge in [-0.2, -0.15) is 0 Å². The molecule has 1 heterocycles. The van der Waals surface area contributed by atoms with Crippen LogP contribution in [0.15, 0.2) is 70.1 Å². The Kier molecular flexibility index (Phi) is 4.01. The van der Waals surface area contributed by atoms with E-state index in [1.165, 1.54) is 0 Å². The number of rotatable bonds is 3. The Morgan fingerprint density at radius 2 is 1.85 bits per heavy atom. The number of nitrogens with zero attached hydrogens (tertiary/aromatic N) is 1. The highest BCUT2D eigenvalue weighted by Crippen LogP contribution is 2.41. The Bertz CT molecular complexity index is 1160. The number of nitrogens with one attached hydrogen (secondary N) is 1. The van der Waals surface area contributed by atoms with Gasteiger partial charge in [-0.05, 0) is 29.8 Å². The third-order valence-electron chi connectivity index (χ3n) is 4.61. The van der Waals surface area contributed by atoms with Crippen LogP contribution in [0, 0.1) is 0 Å². The zero-order valence-corrected chi connectivity index (χ0v) is 14.6. The van der Waals surface area contributed by atoms with Crippen LogP contribution >= 0.6 is 0 Å². The molecular formula is C22H18N2O2. The maximum absolute atomic E-state index is 11.6. The molecule has 0 fully saturated rings. The SMILES string of the molecule is CN=c1ccc2c(-c3ccccc3C=O)c3ccc(NC)cc3oc-2c1. The predicted molar refractivity (Wildman–Crippen MR) is 105 cm³/mol. The lowest BCUT2D eigenvalue weighted by Crippen LogP contribution is -2.02. The number of aldehydes is 1. The maximum Gasteiger partial charge on any atom is 0.150 e. The van der Waals surface area contributed by atoms with Crippen molar-refractivity contribution in [1.82, 2.24) is 0 Å². The van der Waals surface area contributed by atoms with Crippen LogP contribution in [0.1, 0.15) is 10.4 Å². The fraction of sp³-hybridized carbons (Fsp3) is 0.0909. The minimum atomic E-state index is 0.656. The summed E-state index contributed by atoms with van der Waals surface area (Å²) in [5.74, 6) is 0.740. The quantitative estimate of drug-likeness (QED) is 0.438. The predicted octanol–water partition coefficient (Wildman–Crippen LogP) is 4.59. The third-order valence-corrected chi connectivity index (χ3v) is 4.61. The monoisotopic (exact) mass is 342 g/mol. The summed E-state index contributed by atoms with van der Waals surface area (Å²) in [4.78, 5) is 15.9. The molecule has 0 saturated carbocycles. The normalized spacial score (nSPS) is 11.8. The number of benzene rings is 3. The molecule has 0 saturated heterocycles. The van der Waals surface area contributed by atoms with Crippen molar-refractivity contribution in [3.63, 3.8) is 0 Å². The first-order valence-corrected chi connectivity index (χ1v) is 8.41. The Labute approximate surface area is 151 Å². The van der Waals surface area contributed by atoms with Crippen LogP contribution in [0.5, 0.6) is 0 Å². The van der Waals surface area contributed by atoms with Crippen LogP contribution in [0.3, 0.4) is 0 Å². The molecule has 0 amide bonds. The largest absolute Gasteiger partial charge is 0.456 e. The highest BCUT2D eigenvalue weighted by molar-refractivity contribution is 6.05. The van der Waals surface area contributed by atoms with E-state index < -0.39 is 0 Å². The number of hydrogen-bond donors (Lipinski definition) is 1. The van der Waals surface area contributed by atoms with Crippen LogP contribution < -0.4 is 10.7 Å². The van der Waals surface area contributed by atoms with Crippen LogP contribution in [-0.4, -0.2) is 20.4 Å². The van der Waals surface area contributed by atoms with Crippen molar-refractivity contribution in [1.29, 1.82) is 0 Å². The van der Waals surface area contributed by atoms with Crippen molar-refractivity contribution in [3.05, 3.63) is 71.6 Å². The summed E-state index contributed by atoms with van der Waals surface area (Å²) < 4.78 is 6.18. The number of fused-ring (bicyclic) bond motifs is 2. The van der Waals surface area contributed by atoms with Crippen molar-refractivity contribution >= 4 is 22.9 Å². The molecule has 4 nitrogen and oxygen atoms in total. The van der Waals surface area contributed by atoms with Crippen LogP contribution in [0.2, 0.25) is 0 Å². The van der Waals surface area contributed by atoms with E-state index in [0.29, 0.717) is 5.56 Å². The molecule has 0 radical (unpaired) electrons. The smallest absolute Gasteiger partial charge is 0.150 e. The zero-order chi connectivity index (χ0) is 18.1. The zero-order valence-electron chi connectivity index (χ0n) is 14.6. The van der Waals surface area contributed by atoms with Crippen LogP contribution in [0.4, 0.5) is 5.69 Å². The second kappa shape index (κ2) is 6.48. The van der Waals surface area contributed by atoms with Crippen molar-refractivity contribution in [2.75, 3.05) is 19.4 Å². The Morgan fingerprint density at radius 3 is 2.62 bits per heavy atom. The highest BCUT2D eigenvalue weighted by Gasteiger charge is 2.18. The molecule has 2 aromatic carbocycles. The van der Waals surface area contributed by atoms with Gasteiger partial charge in [0.1, 0.15) is 11.3 Å². The van der Waals surface area contributed by atoms with E-state index in [9.17, 15) is 4.79 Å². The van der Waals surface area contributed by atoms with Gasteiger partial charge in [0, 0.05) is 54.0 Å². The summed E-state index contributed by atoms with van der Waals surface area (Å²) in [6, 6.07) is 19.5. The molecule has 128 valence electrons. The van der Waals surface area contributed by atoms with E-state index in [1.54, 1.807) is 7.05 Å². The van der Waals surface area contributed by atoms with Crippen molar-refractivity contribution < 1.29 is 9.21 Å². The second-order valence-electron chi connectivity index (χ2n) is 6.05. The van der Waals surface area contributed by atoms with Crippen molar-refractivity contribution in [2.45, 2.75) is 0 Å². The molecule has 4 rings (SSSR count). The average Bonchev–Trinajstić information content (AvgIpc) is 2.71. The van der Waals surface area contributed by atoms with E-state index in [1.807, 2.05) is 67.7 Å². The van der Waals surface area contributed by atoms with Gasteiger partial charge >= 0.3 is 0 Å². The van der Waals surface area contributed by atoms with Gasteiger partial charge in [-0.3, -0.25) is 9.79 Å². The molecule has 0 unspecified atom stereocenters. The lowest BCUT2D eigenvalue weighted by Gasteiger charge is -2.17. The molecule has 26 heavy (non-hydrogen) atoms. The lowest BCUT2D eigenvalue weighted by molar-refractivity contribution is 0.112. The topological polar surface area (TPSA) is 54.6 Å². The van der Waals surface area contributed by atoms with Crippen molar-refractivity contribution in [3.8, 4) is 22.5 Å². The lowest BCUT2D eigenvalue weighted by atomic mass is 9.91. The van der Waals surface area contributed by atoms with E-state index in [0.717, 1.165) is 50.8 Å². The number of hydrogen-bond acceptors (Lipinski definition) is 4. The van der Waals surface area contributed by atoms with Gasteiger partial charge in [-0.1, -0.05) is 24.3 Å². The first kappa shape index (κ1) is 16.1. The Balaban J connectivity index is 2.19. The van der Waals surface area contributed by atoms with E-state index >= 15 is 0 Å². The fourth-order valence-electron chi connectivity index (χ4n) is 3.29. The van der Waals surface area contributed by atoms with Gasteiger partial charge < -0.3 is 9.73 Å². The third kappa shape index (κ3) is 2.56. The van der Waals surface area contributed by atoms with Crippen LogP contribution in [0.25, 0.3) is 33.4 Å². The number of carbonyl (C=O) groups is 1. The van der Waals surface area contributed by atoms with Crippen molar-refractivity contribution in [2.24, 2.45) is 4.99 Å². The van der Waals surface area contributed by atoms with E-state index in [4.69, 9.17) is 4.42 Å². The second-order valence-corrected chi connectivity index (χ2v) is 6.05. The van der Waals surface area contributed by atoms with Crippen LogP contribution in [-0.2, 0) is 0 Å². The Hall–Kier alpha value is -3.40. The van der Waals surface area contributed by atoms with E-state index in [-0.39, 0.29) is 0 Å². The molecule has 1 N–H and O–H groups in total. The summed E-state index contributed by atoms with van der Waals surface area (Å²) in [6.45, 7) is 0. The summed E-state index contributed by atoms with van der Waals surface area (Å²) in [7, 11) is 3.63. The molecule has 2 aliphatic rings. The molecule has 0 aromatic heterocycles. The number of anilines is 1. The summed E-state index contributed by atoms with van der Waals surface area (Å²) in [5.41, 5.74) is 5.22. The minimum absolute atomic E-state index is 0.656. The molecule has 1 aliphatic heterocycles. The van der Waals surface area contributed by atoms with Gasteiger partial charge in [-0.25, -0.2) is 0 Å². The first-order valence-electron chi connectivity index (χ1n) is 8.41. The molecule has 0 atom stereocenters. The average molecular weight is 342 g/mol. The van der Waals surface area contributed by atoms with Gasteiger partial charge in [0.05, 0.1) is 5.36 Å². The molecule has 0 bridgehead atoms. The van der Waals surface area contributed by atoms with E-state index in [2.05, 4.69) is 10.3 Å². The summed E-state index contributed by atoms with van der Waals surface area (Å²) >= 11 is 0. The fourth-order valence-corrected chi connectivity index (χ4v) is 3.29. The molecule has 2 aromatic rings. The molecule has 1 aliphatic carbocycles. The maximum atomic E-state index is 11.6. The molecule has 4 heteroatoms. The molecule has 0 spiro atoms. The minimum Gasteiger partial charge on any atom is -0.456 e. The summed E-state index contributed by atoms with van der Waals surface area (Å²) in [6.07, 6.45) is 0.898. The molecular weight excluding hydrogens is 324 g/mol. The summed E-state index contributed by atoms with van der Waals surface area (Å²) in [5, 5.41) is 4.95. The van der Waals surface area contributed by atoms with Gasteiger partial charge in [0.2, 0.25) is 0 Å². The number of carbonyl (C=O) groups excluding carboxylic acids is 1. The first-order chi connectivity index (χ1) is 12.7.